The van der Waals surface area contributed by atoms with E-state index in [9.17, 15) is 0 Å². The number of fused-ring (bicyclic) bond motifs is 1. The number of nitrogens with zero attached hydrogens (tertiary/aromatic N) is 2. The molecule has 3 nitrogen and oxygen atoms in total. The maximum Gasteiger partial charge on any atom is 0.221 e. The van der Waals surface area contributed by atoms with Gasteiger partial charge in [0.25, 0.3) is 0 Å². The highest BCUT2D eigenvalue weighted by Crippen LogP contribution is 2.34. The van der Waals surface area contributed by atoms with Crippen molar-refractivity contribution in [2.75, 3.05) is 7.11 Å². The lowest BCUT2D eigenvalue weighted by atomic mass is 9.92. The van der Waals surface area contributed by atoms with Gasteiger partial charge in [-0.15, -0.1) is 0 Å². The third kappa shape index (κ3) is 2.35. The molecule has 0 fully saturated rings. The Kier molecular flexibility index (Phi) is 3.88. The van der Waals surface area contributed by atoms with E-state index in [1.54, 1.807) is 13.3 Å². The molecular weight excluding hydrogens is 272 g/mol. The Morgan fingerprint density at radius 1 is 1.09 bits per heavy atom. The summed E-state index contributed by atoms with van der Waals surface area (Å²) in [5.41, 5.74) is 5.07. The first-order valence-electron chi connectivity index (χ1n) is 7.31. The van der Waals surface area contributed by atoms with E-state index in [-0.39, 0.29) is 0 Å². The molecule has 0 unspecified atom stereocenters. The molecule has 2 aromatic heterocycles. The minimum Gasteiger partial charge on any atom is -0.481 e. The lowest BCUT2D eigenvalue weighted by Crippen LogP contribution is -1.99. The standard InChI is InChI=1S/C19H18N2O/c1-4-14-9-10-15-7-5-11-20-18(15)17(14)13(2)16-8-6-12-21-19(16)22-3/h5-12H,2,4H2,1,3H3. The highest BCUT2D eigenvalue weighted by atomic mass is 16.5. The first kappa shape index (κ1) is 14.3. The van der Waals surface area contributed by atoms with Crippen LogP contribution in [0.3, 0.4) is 0 Å². The SMILES string of the molecule is C=C(c1cccnc1OC)c1c(CC)ccc2cccnc12. The van der Waals surface area contributed by atoms with Gasteiger partial charge in [-0.3, -0.25) is 4.98 Å². The summed E-state index contributed by atoms with van der Waals surface area (Å²) in [7, 11) is 1.63. The molecule has 0 radical (unpaired) electrons. The van der Waals surface area contributed by atoms with Gasteiger partial charge in [0.05, 0.1) is 12.6 Å². The number of benzene rings is 1. The molecule has 3 heteroatoms. The Morgan fingerprint density at radius 3 is 2.64 bits per heavy atom. The molecule has 0 spiro atoms. The number of pyridine rings is 2. The first-order valence-corrected chi connectivity index (χ1v) is 7.31. The zero-order valence-electron chi connectivity index (χ0n) is 12.8. The highest BCUT2D eigenvalue weighted by molar-refractivity contribution is 5.96. The van der Waals surface area contributed by atoms with Crippen LogP contribution >= 0.6 is 0 Å². The highest BCUT2D eigenvalue weighted by Gasteiger charge is 2.16. The van der Waals surface area contributed by atoms with Crippen molar-refractivity contribution in [3.8, 4) is 5.88 Å². The van der Waals surface area contributed by atoms with Gasteiger partial charge in [0, 0.05) is 28.9 Å². The van der Waals surface area contributed by atoms with Gasteiger partial charge in [-0.2, -0.15) is 0 Å². The fourth-order valence-corrected chi connectivity index (χ4v) is 2.74. The maximum atomic E-state index is 5.38. The van der Waals surface area contributed by atoms with E-state index in [1.807, 2.05) is 24.4 Å². The van der Waals surface area contributed by atoms with E-state index in [1.165, 1.54) is 5.56 Å². The average Bonchev–Trinajstić information content (AvgIpc) is 2.60. The quantitative estimate of drug-likeness (QED) is 0.720. The number of rotatable bonds is 4. The normalized spacial score (nSPS) is 10.6. The molecule has 0 amide bonds. The van der Waals surface area contributed by atoms with E-state index in [0.717, 1.165) is 34.0 Å². The Bertz CT molecular complexity index is 840. The number of hydrogen-bond donors (Lipinski definition) is 0. The molecule has 0 aliphatic carbocycles. The maximum absolute atomic E-state index is 5.38. The van der Waals surface area contributed by atoms with Crippen molar-refractivity contribution in [1.29, 1.82) is 0 Å². The van der Waals surface area contributed by atoms with Crippen LogP contribution < -0.4 is 4.74 Å². The zero-order valence-corrected chi connectivity index (χ0v) is 12.8. The second-order valence-corrected chi connectivity index (χ2v) is 5.07. The minimum absolute atomic E-state index is 0.586. The van der Waals surface area contributed by atoms with Gasteiger partial charge in [0.15, 0.2) is 0 Å². The van der Waals surface area contributed by atoms with Gasteiger partial charge in [-0.25, -0.2) is 4.98 Å². The molecule has 1 aromatic carbocycles. The first-order chi connectivity index (χ1) is 10.8. The van der Waals surface area contributed by atoms with E-state index in [0.29, 0.717) is 5.88 Å². The van der Waals surface area contributed by atoms with Crippen LogP contribution in [0.25, 0.3) is 16.5 Å². The second kappa shape index (κ2) is 5.98. The van der Waals surface area contributed by atoms with Gasteiger partial charge < -0.3 is 4.74 Å². The van der Waals surface area contributed by atoms with Crippen molar-refractivity contribution >= 4 is 16.5 Å². The number of hydrogen-bond acceptors (Lipinski definition) is 3. The summed E-state index contributed by atoms with van der Waals surface area (Å²) < 4.78 is 5.38. The number of aryl methyl sites for hydroxylation is 1. The van der Waals surface area contributed by atoms with Crippen LogP contribution in [-0.2, 0) is 6.42 Å². The van der Waals surface area contributed by atoms with Gasteiger partial charge in [0.1, 0.15) is 0 Å². The van der Waals surface area contributed by atoms with Gasteiger partial charge in [-0.05, 0) is 35.8 Å². The summed E-state index contributed by atoms with van der Waals surface area (Å²) in [5, 5.41) is 1.11. The lowest BCUT2D eigenvalue weighted by molar-refractivity contribution is 0.396. The second-order valence-electron chi connectivity index (χ2n) is 5.07. The molecule has 3 aromatic rings. The molecule has 110 valence electrons. The van der Waals surface area contributed by atoms with Gasteiger partial charge >= 0.3 is 0 Å². The van der Waals surface area contributed by atoms with E-state index < -0.39 is 0 Å². The Balaban J connectivity index is 2.26. The monoisotopic (exact) mass is 290 g/mol. The predicted octanol–water partition coefficient (Wildman–Crippen LogP) is 4.26. The molecule has 0 bridgehead atoms. The fraction of sp³-hybridized carbons (Fsp3) is 0.158. The minimum atomic E-state index is 0.586. The van der Waals surface area contributed by atoms with Crippen LogP contribution in [0.5, 0.6) is 5.88 Å². The molecule has 0 saturated carbocycles. The number of aromatic nitrogens is 2. The molecule has 0 aliphatic rings. The Labute approximate surface area is 130 Å². The third-order valence-corrected chi connectivity index (χ3v) is 3.83. The van der Waals surface area contributed by atoms with Crippen molar-refractivity contribution < 1.29 is 4.74 Å². The van der Waals surface area contributed by atoms with Crippen LogP contribution in [0.15, 0.2) is 55.4 Å². The van der Waals surface area contributed by atoms with Crippen molar-refractivity contribution in [2.45, 2.75) is 13.3 Å². The van der Waals surface area contributed by atoms with Crippen LogP contribution in [0.4, 0.5) is 0 Å². The fourth-order valence-electron chi connectivity index (χ4n) is 2.74. The van der Waals surface area contributed by atoms with Crippen LogP contribution in [0.2, 0.25) is 0 Å². The van der Waals surface area contributed by atoms with E-state index in [2.05, 4.69) is 41.7 Å². The average molecular weight is 290 g/mol. The summed E-state index contributed by atoms with van der Waals surface area (Å²) in [4.78, 5) is 8.85. The number of methoxy groups -OCH3 is 1. The molecule has 0 atom stereocenters. The van der Waals surface area contributed by atoms with Crippen LogP contribution in [0.1, 0.15) is 23.6 Å². The van der Waals surface area contributed by atoms with Crippen LogP contribution in [-0.4, -0.2) is 17.1 Å². The third-order valence-electron chi connectivity index (χ3n) is 3.83. The molecule has 0 N–H and O–H groups in total. The van der Waals surface area contributed by atoms with Crippen molar-refractivity contribution in [3.05, 3.63) is 72.1 Å². The topological polar surface area (TPSA) is 35.0 Å². The largest absolute Gasteiger partial charge is 0.481 e. The zero-order chi connectivity index (χ0) is 15.5. The Hall–Kier alpha value is -2.68. The molecule has 0 saturated heterocycles. The Morgan fingerprint density at radius 2 is 1.86 bits per heavy atom. The summed E-state index contributed by atoms with van der Waals surface area (Å²) in [6, 6.07) is 12.2. The van der Waals surface area contributed by atoms with E-state index >= 15 is 0 Å². The number of ether oxygens (including phenoxy) is 1. The van der Waals surface area contributed by atoms with Gasteiger partial charge in [-0.1, -0.05) is 31.7 Å². The summed E-state index contributed by atoms with van der Waals surface area (Å²) in [5.74, 6) is 0.586. The molecule has 22 heavy (non-hydrogen) atoms. The van der Waals surface area contributed by atoms with Crippen LogP contribution in [0, 0.1) is 0 Å². The molecular formula is C19H18N2O. The van der Waals surface area contributed by atoms with Crippen molar-refractivity contribution in [2.24, 2.45) is 0 Å². The van der Waals surface area contributed by atoms with E-state index in [4.69, 9.17) is 4.74 Å². The van der Waals surface area contributed by atoms with Crippen molar-refractivity contribution in [3.63, 3.8) is 0 Å². The molecule has 0 aliphatic heterocycles. The summed E-state index contributed by atoms with van der Waals surface area (Å²) >= 11 is 0. The summed E-state index contributed by atoms with van der Waals surface area (Å²) in [6.07, 6.45) is 4.46. The van der Waals surface area contributed by atoms with Crippen molar-refractivity contribution in [1.82, 2.24) is 9.97 Å². The molecule has 3 rings (SSSR count). The smallest absolute Gasteiger partial charge is 0.221 e. The summed E-state index contributed by atoms with van der Waals surface area (Å²) in [6.45, 7) is 6.44. The lowest BCUT2D eigenvalue weighted by Gasteiger charge is -2.15. The molecule has 2 heterocycles. The van der Waals surface area contributed by atoms with Gasteiger partial charge in [0.2, 0.25) is 5.88 Å². The predicted molar refractivity (Wildman–Crippen MR) is 90.0 cm³/mol.